The Kier molecular flexibility index (Phi) is 5.15. The third kappa shape index (κ3) is 3.30. The van der Waals surface area contributed by atoms with E-state index in [0.717, 1.165) is 40.8 Å². The fourth-order valence-corrected chi connectivity index (χ4v) is 3.65. The molecule has 1 aromatic heterocycles. The number of methoxy groups -OCH3 is 1. The minimum absolute atomic E-state index is 0.101. The van der Waals surface area contributed by atoms with E-state index in [9.17, 15) is 5.11 Å². The van der Waals surface area contributed by atoms with Crippen molar-refractivity contribution in [2.75, 3.05) is 12.1 Å². The van der Waals surface area contributed by atoms with Crippen molar-refractivity contribution in [3.8, 4) is 5.75 Å². The standard InChI is InChI=1S/C21H21ClN4O2/c1-13-6-9-18(14-7-8-17(22)15(10-14)11-27)25-26(13)21-16-4-3-5-19(28-2)20(16)23-12-24-21/h3-5,7-8,10,12-13,27H,6,9,11H2,1-2H3. The van der Waals surface area contributed by atoms with Crippen molar-refractivity contribution in [1.82, 2.24) is 9.97 Å². The van der Waals surface area contributed by atoms with E-state index in [1.165, 1.54) is 0 Å². The fraction of sp³-hybridized carbons (Fsp3) is 0.286. The minimum atomic E-state index is -0.101. The van der Waals surface area contributed by atoms with Crippen LogP contribution in [-0.2, 0) is 6.61 Å². The van der Waals surface area contributed by atoms with Crippen LogP contribution in [0.5, 0.6) is 5.75 Å². The van der Waals surface area contributed by atoms with E-state index in [4.69, 9.17) is 21.4 Å². The molecule has 2 aromatic carbocycles. The minimum Gasteiger partial charge on any atom is -0.494 e. The highest BCUT2D eigenvalue weighted by molar-refractivity contribution is 6.31. The predicted octanol–water partition coefficient (Wildman–Crippen LogP) is 4.18. The third-order valence-electron chi connectivity index (χ3n) is 5.04. The number of rotatable bonds is 4. The summed E-state index contributed by atoms with van der Waals surface area (Å²) >= 11 is 6.14. The average Bonchev–Trinajstić information content (AvgIpc) is 2.73. The molecule has 0 fully saturated rings. The Morgan fingerprint density at radius 3 is 2.89 bits per heavy atom. The lowest BCUT2D eigenvalue weighted by molar-refractivity contribution is 0.282. The van der Waals surface area contributed by atoms with Crippen LogP contribution in [0.3, 0.4) is 0 Å². The number of hydrazone groups is 1. The summed E-state index contributed by atoms with van der Waals surface area (Å²) in [5, 5.41) is 17.8. The number of aliphatic hydroxyl groups excluding tert-OH is 1. The van der Waals surface area contributed by atoms with Crippen molar-refractivity contribution < 1.29 is 9.84 Å². The maximum absolute atomic E-state index is 9.52. The first kappa shape index (κ1) is 18.7. The van der Waals surface area contributed by atoms with Gasteiger partial charge in [0, 0.05) is 10.4 Å². The predicted molar refractivity (Wildman–Crippen MR) is 111 cm³/mol. The molecular weight excluding hydrogens is 376 g/mol. The van der Waals surface area contributed by atoms with E-state index < -0.39 is 0 Å². The van der Waals surface area contributed by atoms with E-state index >= 15 is 0 Å². The van der Waals surface area contributed by atoms with Crippen LogP contribution < -0.4 is 9.75 Å². The van der Waals surface area contributed by atoms with E-state index in [0.29, 0.717) is 16.3 Å². The highest BCUT2D eigenvalue weighted by atomic mass is 35.5. The summed E-state index contributed by atoms with van der Waals surface area (Å²) in [6, 6.07) is 11.6. The summed E-state index contributed by atoms with van der Waals surface area (Å²) < 4.78 is 5.44. The summed E-state index contributed by atoms with van der Waals surface area (Å²) in [5.74, 6) is 1.46. The van der Waals surface area contributed by atoms with Gasteiger partial charge < -0.3 is 9.84 Å². The zero-order valence-electron chi connectivity index (χ0n) is 15.8. The SMILES string of the molecule is COc1cccc2c(N3N=C(c4ccc(Cl)c(CO)c4)CCC3C)ncnc12. The Hall–Kier alpha value is -2.70. The molecule has 1 atom stereocenters. The summed E-state index contributed by atoms with van der Waals surface area (Å²) in [6.45, 7) is 2.03. The maximum atomic E-state index is 9.52. The maximum Gasteiger partial charge on any atom is 0.160 e. The van der Waals surface area contributed by atoms with Crippen LogP contribution in [0.15, 0.2) is 47.8 Å². The van der Waals surface area contributed by atoms with Gasteiger partial charge in [0.05, 0.1) is 25.5 Å². The largest absolute Gasteiger partial charge is 0.494 e. The van der Waals surface area contributed by atoms with Crippen molar-refractivity contribution in [2.24, 2.45) is 5.10 Å². The van der Waals surface area contributed by atoms with Gasteiger partial charge in [0.25, 0.3) is 0 Å². The van der Waals surface area contributed by atoms with E-state index in [-0.39, 0.29) is 12.6 Å². The van der Waals surface area contributed by atoms with Crippen molar-refractivity contribution in [2.45, 2.75) is 32.4 Å². The zero-order valence-corrected chi connectivity index (χ0v) is 16.5. The molecule has 0 aliphatic carbocycles. The molecule has 1 aliphatic heterocycles. The molecule has 0 saturated heterocycles. The molecule has 144 valence electrons. The number of hydrogen-bond acceptors (Lipinski definition) is 6. The average molecular weight is 397 g/mol. The number of nitrogens with zero attached hydrogens (tertiary/aromatic N) is 4. The zero-order chi connectivity index (χ0) is 19.7. The summed E-state index contributed by atoms with van der Waals surface area (Å²) in [4.78, 5) is 8.91. The van der Waals surface area contributed by atoms with Gasteiger partial charge in [-0.15, -0.1) is 0 Å². The molecule has 0 amide bonds. The lowest BCUT2D eigenvalue weighted by Crippen LogP contribution is -2.35. The van der Waals surface area contributed by atoms with Gasteiger partial charge >= 0.3 is 0 Å². The molecule has 6 nitrogen and oxygen atoms in total. The summed E-state index contributed by atoms with van der Waals surface area (Å²) in [5.41, 5.74) is 3.36. The van der Waals surface area contributed by atoms with Crippen LogP contribution in [0, 0.1) is 0 Å². The summed E-state index contributed by atoms with van der Waals surface area (Å²) in [6.07, 6.45) is 3.32. The number of para-hydroxylation sites is 1. The van der Waals surface area contributed by atoms with Gasteiger partial charge in [0.15, 0.2) is 5.82 Å². The number of aliphatic hydroxyl groups is 1. The smallest absolute Gasteiger partial charge is 0.160 e. The number of fused-ring (bicyclic) bond motifs is 1. The second kappa shape index (κ2) is 7.73. The van der Waals surface area contributed by atoms with Gasteiger partial charge in [-0.05, 0) is 55.2 Å². The van der Waals surface area contributed by atoms with Crippen LogP contribution in [0.4, 0.5) is 5.82 Å². The summed E-state index contributed by atoms with van der Waals surface area (Å²) in [7, 11) is 1.63. The number of halogens is 1. The van der Waals surface area contributed by atoms with Gasteiger partial charge in [0.2, 0.25) is 0 Å². The highest BCUT2D eigenvalue weighted by Gasteiger charge is 2.25. The fourth-order valence-electron chi connectivity index (χ4n) is 3.47. The lowest BCUT2D eigenvalue weighted by atomic mass is 9.99. The Balaban J connectivity index is 1.81. The Labute approximate surface area is 168 Å². The van der Waals surface area contributed by atoms with E-state index in [1.54, 1.807) is 19.5 Å². The number of anilines is 1. The molecule has 0 radical (unpaired) electrons. The molecule has 1 aliphatic rings. The molecule has 3 aromatic rings. The van der Waals surface area contributed by atoms with E-state index in [2.05, 4.69) is 16.9 Å². The topological polar surface area (TPSA) is 70.8 Å². The van der Waals surface area contributed by atoms with Crippen LogP contribution in [-0.4, -0.2) is 33.9 Å². The highest BCUT2D eigenvalue weighted by Crippen LogP contribution is 2.33. The van der Waals surface area contributed by atoms with Crippen LogP contribution >= 0.6 is 11.6 Å². The molecule has 4 rings (SSSR count). The molecule has 0 saturated carbocycles. The van der Waals surface area contributed by atoms with Crippen LogP contribution in [0.2, 0.25) is 5.02 Å². The molecule has 1 N–H and O–H groups in total. The number of ether oxygens (including phenoxy) is 1. The molecule has 7 heteroatoms. The second-order valence-corrected chi connectivity index (χ2v) is 7.20. The number of benzene rings is 2. The quantitative estimate of drug-likeness (QED) is 0.716. The molecular formula is C21H21ClN4O2. The molecule has 2 heterocycles. The van der Waals surface area contributed by atoms with Gasteiger partial charge in [-0.25, -0.2) is 15.0 Å². The van der Waals surface area contributed by atoms with Gasteiger partial charge in [-0.1, -0.05) is 23.7 Å². The Morgan fingerprint density at radius 1 is 1.25 bits per heavy atom. The molecule has 1 unspecified atom stereocenters. The van der Waals surface area contributed by atoms with E-state index in [1.807, 2.05) is 35.3 Å². The van der Waals surface area contributed by atoms with Crippen LogP contribution in [0.1, 0.15) is 30.9 Å². The van der Waals surface area contributed by atoms with Crippen molar-refractivity contribution in [3.05, 3.63) is 58.9 Å². The number of aromatic nitrogens is 2. The lowest BCUT2D eigenvalue weighted by Gasteiger charge is -2.31. The molecule has 0 spiro atoms. The van der Waals surface area contributed by atoms with Gasteiger partial charge in [-0.3, -0.25) is 0 Å². The second-order valence-electron chi connectivity index (χ2n) is 6.80. The first-order chi connectivity index (χ1) is 13.6. The molecule has 28 heavy (non-hydrogen) atoms. The third-order valence-corrected chi connectivity index (χ3v) is 5.41. The number of hydrogen-bond donors (Lipinski definition) is 1. The Bertz CT molecular complexity index is 1050. The normalized spacial score (nSPS) is 16.9. The van der Waals surface area contributed by atoms with Crippen molar-refractivity contribution in [3.63, 3.8) is 0 Å². The molecule has 0 bridgehead atoms. The van der Waals surface area contributed by atoms with Crippen LogP contribution in [0.25, 0.3) is 10.9 Å². The van der Waals surface area contributed by atoms with Crippen molar-refractivity contribution >= 4 is 34.0 Å². The Morgan fingerprint density at radius 2 is 2.11 bits per heavy atom. The first-order valence-corrected chi connectivity index (χ1v) is 9.54. The monoisotopic (exact) mass is 396 g/mol. The van der Waals surface area contributed by atoms with Crippen molar-refractivity contribution in [1.29, 1.82) is 0 Å². The van der Waals surface area contributed by atoms with Gasteiger partial charge in [0.1, 0.15) is 17.6 Å². The van der Waals surface area contributed by atoms with Gasteiger partial charge in [-0.2, -0.15) is 5.10 Å². The first-order valence-electron chi connectivity index (χ1n) is 9.16.